The molecule has 2 unspecified atom stereocenters. The number of carbonyl (C=O) groups is 2. The maximum absolute atomic E-state index is 15.7. The number of rotatable bonds is 8. The lowest BCUT2D eigenvalue weighted by atomic mass is 9.90. The Labute approximate surface area is 218 Å². The Bertz CT molecular complexity index is 1380. The number of primary amides is 1. The van der Waals surface area contributed by atoms with Gasteiger partial charge in [0.05, 0.1) is 40.5 Å². The van der Waals surface area contributed by atoms with E-state index < -0.39 is 34.9 Å². The van der Waals surface area contributed by atoms with Gasteiger partial charge in [-0.05, 0) is 56.5 Å². The maximum atomic E-state index is 15.7. The molecule has 1 aliphatic heterocycles. The monoisotopic (exact) mass is 527 g/mol. The zero-order valence-electron chi connectivity index (χ0n) is 20.7. The molecule has 194 valence electrons. The summed E-state index contributed by atoms with van der Waals surface area (Å²) in [6.07, 6.45) is 3.15. The Morgan fingerprint density at radius 2 is 2.11 bits per heavy atom. The van der Waals surface area contributed by atoms with E-state index in [1.807, 2.05) is 0 Å². The predicted molar refractivity (Wildman–Crippen MR) is 132 cm³/mol. The van der Waals surface area contributed by atoms with Crippen LogP contribution in [0.1, 0.15) is 64.7 Å². The van der Waals surface area contributed by atoms with Crippen molar-refractivity contribution in [3.05, 3.63) is 81.4 Å². The average Bonchev–Trinajstić information content (AvgIpc) is 3.50. The average molecular weight is 528 g/mol. The number of nitrogens with two attached hydrogens (primary N) is 1. The van der Waals surface area contributed by atoms with Crippen molar-refractivity contribution >= 4 is 23.4 Å². The van der Waals surface area contributed by atoms with Gasteiger partial charge in [0.15, 0.2) is 6.23 Å². The van der Waals surface area contributed by atoms with Crippen LogP contribution in [0.15, 0.2) is 36.7 Å². The first-order valence-electron chi connectivity index (χ1n) is 11.8. The van der Waals surface area contributed by atoms with Gasteiger partial charge in [0.25, 0.3) is 5.91 Å². The number of imidazole rings is 1. The molecule has 3 heterocycles. The van der Waals surface area contributed by atoms with Crippen LogP contribution in [-0.2, 0) is 28.7 Å². The molecule has 1 fully saturated rings. The lowest BCUT2D eigenvalue weighted by Crippen LogP contribution is -2.34. The molecule has 3 N–H and O–H groups in total. The molecule has 37 heavy (non-hydrogen) atoms. The quantitative estimate of drug-likeness (QED) is 0.464. The van der Waals surface area contributed by atoms with Gasteiger partial charge >= 0.3 is 0 Å². The molecule has 2 aliphatic rings. The Hall–Kier alpha value is -3.34. The molecule has 1 aliphatic carbocycles. The molecule has 2 amide bonds. The molecule has 2 aromatic heterocycles. The van der Waals surface area contributed by atoms with Gasteiger partial charge in [-0.2, -0.15) is 0 Å². The number of benzene rings is 1. The number of amides is 2. The van der Waals surface area contributed by atoms with E-state index >= 15 is 4.39 Å². The smallest absolute Gasteiger partial charge is 0.257 e. The lowest BCUT2D eigenvalue weighted by molar-refractivity contribution is -0.129. The van der Waals surface area contributed by atoms with E-state index in [4.69, 9.17) is 22.1 Å². The van der Waals surface area contributed by atoms with E-state index in [1.54, 1.807) is 36.9 Å². The van der Waals surface area contributed by atoms with Crippen molar-refractivity contribution in [3.63, 3.8) is 0 Å². The first-order valence-corrected chi connectivity index (χ1v) is 12.2. The molecule has 5 rings (SSSR count). The first kappa shape index (κ1) is 25.3. The van der Waals surface area contributed by atoms with Crippen molar-refractivity contribution in [2.45, 2.75) is 45.1 Å². The number of carbonyl (C=O) groups excluding carboxylic acids is 2. The predicted octanol–water partition coefficient (Wildman–Crippen LogP) is 3.11. The Kier molecular flexibility index (Phi) is 6.09. The van der Waals surface area contributed by atoms with Gasteiger partial charge in [-0.3, -0.25) is 14.6 Å². The van der Waals surface area contributed by atoms with Crippen LogP contribution in [0.25, 0.3) is 0 Å². The molecule has 2 atom stereocenters. The van der Waals surface area contributed by atoms with Crippen LogP contribution in [0.5, 0.6) is 0 Å². The number of nitrogens with zero attached hydrogens (tertiary/aromatic N) is 4. The van der Waals surface area contributed by atoms with Crippen molar-refractivity contribution in [3.8, 4) is 0 Å². The molecule has 1 aromatic carbocycles. The molecular weight excluding hydrogens is 501 g/mol. The second-order valence-corrected chi connectivity index (χ2v) is 10.4. The van der Waals surface area contributed by atoms with E-state index in [2.05, 4.69) is 9.97 Å². The number of aromatic nitrogens is 3. The van der Waals surface area contributed by atoms with E-state index in [-0.39, 0.29) is 29.8 Å². The summed E-state index contributed by atoms with van der Waals surface area (Å²) in [4.78, 5) is 35.5. The second-order valence-electron chi connectivity index (χ2n) is 9.98. The summed E-state index contributed by atoms with van der Waals surface area (Å²) in [5.74, 6) is -1.02. The highest BCUT2D eigenvalue weighted by molar-refractivity contribution is 6.30. The number of halogens is 2. The van der Waals surface area contributed by atoms with Gasteiger partial charge in [-0.15, -0.1) is 0 Å². The van der Waals surface area contributed by atoms with Gasteiger partial charge in [-0.1, -0.05) is 11.6 Å². The molecular formula is C26H27ClFN5O4. The minimum atomic E-state index is -1.66. The summed E-state index contributed by atoms with van der Waals surface area (Å²) in [6.45, 7) is 3.26. The second kappa shape index (κ2) is 8.90. The van der Waals surface area contributed by atoms with Crippen LogP contribution in [0.2, 0.25) is 5.02 Å². The van der Waals surface area contributed by atoms with Gasteiger partial charge in [0, 0.05) is 25.0 Å². The van der Waals surface area contributed by atoms with E-state index in [1.165, 1.54) is 30.2 Å². The summed E-state index contributed by atoms with van der Waals surface area (Å²) in [7, 11) is 1.79. The summed E-state index contributed by atoms with van der Waals surface area (Å²) in [5.41, 5.74) is 4.19. The highest BCUT2D eigenvalue weighted by Gasteiger charge is 2.51. The lowest BCUT2D eigenvalue weighted by Gasteiger charge is -2.27. The van der Waals surface area contributed by atoms with Crippen LogP contribution in [0.3, 0.4) is 0 Å². The van der Waals surface area contributed by atoms with Gasteiger partial charge in [-0.25, -0.2) is 9.37 Å². The Morgan fingerprint density at radius 1 is 1.38 bits per heavy atom. The highest BCUT2D eigenvalue weighted by Crippen LogP contribution is 2.48. The maximum Gasteiger partial charge on any atom is 0.257 e. The molecule has 0 spiro atoms. The molecule has 0 bridgehead atoms. The van der Waals surface area contributed by atoms with Gasteiger partial charge < -0.3 is 25.0 Å². The molecule has 3 aromatic rings. The zero-order valence-corrected chi connectivity index (χ0v) is 21.4. The molecule has 11 heteroatoms. The normalized spacial score (nSPS) is 19.6. The fourth-order valence-electron chi connectivity index (χ4n) is 4.54. The SMILES string of the molecule is Cc1nc(C(C)(O)c2cc(F)c3c(c2)C(=O)N(Cc2ccc(Cl)cn2)C3OCC2(C(N)=O)CC2)cn1C. The first-order chi connectivity index (χ1) is 17.4. The Balaban J connectivity index is 1.54. The number of hydrogen-bond acceptors (Lipinski definition) is 6. The molecule has 9 nitrogen and oxygen atoms in total. The van der Waals surface area contributed by atoms with Crippen LogP contribution < -0.4 is 5.73 Å². The topological polar surface area (TPSA) is 124 Å². The van der Waals surface area contributed by atoms with Crippen LogP contribution in [0, 0.1) is 18.2 Å². The van der Waals surface area contributed by atoms with Crippen molar-refractivity contribution in [1.82, 2.24) is 19.4 Å². The molecule has 0 radical (unpaired) electrons. The fourth-order valence-corrected chi connectivity index (χ4v) is 4.65. The van der Waals surface area contributed by atoms with Crippen LogP contribution in [-0.4, -0.2) is 43.0 Å². The van der Waals surface area contributed by atoms with E-state index in [0.29, 0.717) is 35.1 Å². The number of hydrogen-bond donors (Lipinski definition) is 2. The zero-order chi connectivity index (χ0) is 26.7. The third kappa shape index (κ3) is 4.39. The van der Waals surface area contributed by atoms with Crippen LogP contribution >= 0.6 is 11.6 Å². The number of aryl methyl sites for hydroxylation is 2. The number of pyridine rings is 1. The molecule has 1 saturated carbocycles. The molecule has 0 saturated heterocycles. The summed E-state index contributed by atoms with van der Waals surface area (Å²) < 4.78 is 23.5. The minimum Gasteiger partial charge on any atom is -0.379 e. The van der Waals surface area contributed by atoms with Crippen LogP contribution in [0.4, 0.5) is 4.39 Å². The summed E-state index contributed by atoms with van der Waals surface area (Å²) >= 11 is 5.95. The van der Waals surface area contributed by atoms with E-state index in [9.17, 15) is 14.7 Å². The van der Waals surface area contributed by atoms with Crippen molar-refractivity contribution in [2.75, 3.05) is 6.61 Å². The third-order valence-corrected chi connectivity index (χ3v) is 7.56. The highest BCUT2D eigenvalue weighted by atomic mass is 35.5. The van der Waals surface area contributed by atoms with Crippen molar-refractivity contribution < 1.29 is 23.8 Å². The number of aliphatic hydroxyl groups is 1. The van der Waals surface area contributed by atoms with Crippen molar-refractivity contribution in [2.24, 2.45) is 18.2 Å². The van der Waals surface area contributed by atoms with Gasteiger partial charge in [0.2, 0.25) is 5.91 Å². The number of fused-ring (bicyclic) bond motifs is 1. The van der Waals surface area contributed by atoms with Crippen molar-refractivity contribution in [1.29, 1.82) is 0 Å². The largest absolute Gasteiger partial charge is 0.379 e. The standard InChI is InChI=1S/C26H27ClFN5O4/c1-14-31-20(12-32(14)3)25(2,36)15-8-18-21(19(28)9-15)23(37-13-26(6-7-26)24(29)35)33(22(18)34)11-17-5-4-16(27)10-30-17/h4-5,8-10,12,23,36H,6-7,11,13H2,1-3H3,(H2,29,35). The number of ether oxygens (including phenoxy) is 1. The summed E-state index contributed by atoms with van der Waals surface area (Å²) in [5, 5.41) is 11.8. The van der Waals surface area contributed by atoms with E-state index in [0.717, 1.165) is 0 Å². The third-order valence-electron chi connectivity index (χ3n) is 7.34. The Morgan fingerprint density at radius 3 is 2.68 bits per heavy atom. The minimum absolute atomic E-state index is 0.0174. The fraction of sp³-hybridized carbons (Fsp3) is 0.385. The van der Waals surface area contributed by atoms with Gasteiger partial charge in [0.1, 0.15) is 17.2 Å². The summed E-state index contributed by atoms with van der Waals surface area (Å²) in [6, 6.07) is 5.97.